The number of piperidine rings is 1. The van der Waals surface area contributed by atoms with Crippen LogP contribution in [0.1, 0.15) is 30.0 Å². The van der Waals surface area contributed by atoms with Crippen molar-refractivity contribution in [2.45, 2.75) is 25.3 Å². The summed E-state index contributed by atoms with van der Waals surface area (Å²) in [5.74, 6) is 0.0998. The molecule has 3 aromatic rings. The molecule has 0 N–H and O–H groups in total. The molecule has 0 amide bonds. The zero-order valence-electron chi connectivity index (χ0n) is 12.8. The maximum Gasteiger partial charge on any atom is 0.170 e. The standard InChI is InChI=1S/C18H18FN3O/c19-15-1-2-16-17(11-15)23-21-18(16)14-5-9-22(10-6-14)12-13-3-7-20-8-4-13/h1-4,7-8,11,14H,5-6,9-10,12H2. The van der Waals surface area contributed by atoms with Crippen LogP contribution < -0.4 is 0 Å². The van der Waals surface area contributed by atoms with E-state index in [1.54, 1.807) is 6.07 Å². The van der Waals surface area contributed by atoms with Gasteiger partial charge in [-0.15, -0.1) is 0 Å². The molecule has 3 heterocycles. The first-order valence-electron chi connectivity index (χ1n) is 7.96. The van der Waals surface area contributed by atoms with Crippen molar-refractivity contribution in [3.05, 3.63) is 59.8 Å². The van der Waals surface area contributed by atoms with E-state index in [2.05, 4.69) is 27.2 Å². The lowest BCUT2D eigenvalue weighted by Gasteiger charge is -2.31. The smallest absolute Gasteiger partial charge is 0.170 e. The summed E-state index contributed by atoms with van der Waals surface area (Å²) in [6.45, 7) is 3.02. The van der Waals surface area contributed by atoms with E-state index in [9.17, 15) is 4.39 Å². The molecule has 118 valence electrons. The lowest BCUT2D eigenvalue weighted by molar-refractivity contribution is 0.202. The maximum atomic E-state index is 13.2. The highest BCUT2D eigenvalue weighted by molar-refractivity contribution is 5.79. The number of benzene rings is 1. The SMILES string of the molecule is Fc1ccc2c(C3CCN(Cc4ccncc4)CC3)noc2c1. The fourth-order valence-electron chi connectivity index (χ4n) is 3.34. The minimum absolute atomic E-state index is 0.285. The number of hydrogen-bond acceptors (Lipinski definition) is 4. The van der Waals surface area contributed by atoms with E-state index >= 15 is 0 Å². The van der Waals surface area contributed by atoms with Gasteiger partial charge in [-0.05, 0) is 55.8 Å². The Kier molecular flexibility index (Phi) is 3.79. The molecule has 0 atom stereocenters. The summed E-state index contributed by atoms with van der Waals surface area (Å²) < 4.78 is 18.5. The van der Waals surface area contributed by atoms with Gasteiger partial charge in [-0.1, -0.05) is 5.16 Å². The molecule has 1 aliphatic heterocycles. The van der Waals surface area contributed by atoms with Crippen molar-refractivity contribution in [3.8, 4) is 0 Å². The number of likely N-dealkylation sites (tertiary alicyclic amines) is 1. The number of rotatable bonds is 3. The highest BCUT2D eigenvalue weighted by Gasteiger charge is 2.25. The molecule has 0 saturated carbocycles. The van der Waals surface area contributed by atoms with Crippen LogP contribution in [0, 0.1) is 5.82 Å². The average molecular weight is 311 g/mol. The van der Waals surface area contributed by atoms with E-state index in [1.807, 2.05) is 12.4 Å². The summed E-state index contributed by atoms with van der Waals surface area (Å²) >= 11 is 0. The Morgan fingerprint density at radius 2 is 1.91 bits per heavy atom. The van der Waals surface area contributed by atoms with Crippen molar-refractivity contribution >= 4 is 11.0 Å². The van der Waals surface area contributed by atoms with E-state index in [1.165, 1.54) is 17.7 Å². The van der Waals surface area contributed by atoms with E-state index in [-0.39, 0.29) is 5.82 Å². The van der Waals surface area contributed by atoms with Gasteiger partial charge in [0.2, 0.25) is 0 Å². The van der Waals surface area contributed by atoms with Gasteiger partial charge in [-0.3, -0.25) is 9.88 Å². The van der Waals surface area contributed by atoms with Crippen LogP contribution in [0.3, 0.4) is 0 Å². The van der Waals surface area contributed by atoms with Crippen molar-refractivity contribution in [2.75, 3.05) is 13.1 Å². The summed E-state index contributed by atoms with van der Waals surface area (Å²) in [5, 5.41) is 5.14. The molecule has 0 radical (unpaired) electrons. The van der Waals surface area contributed by atoms with Crippen LogP contribution in [0.5, 0.6) is 0 Å². The van der Waals surface area contributed by atoms with E-state index in [0.29, 0.717) is 11.5 Å². The number of fused-ring (bicyclic) bond motifs is 1. The molecule has 5 heteroatoms. The Hall–Kier alpha value is -2.27. The second kappa shape index (κ2) is 6.08. The number of aromatic nitrogens is 2. The quantitative estimate of drug-likeness (QED) is 0.739. The molecule has 0 unspecified atom stereocenters. The Morgan fingerprint density at radius 1 is 1.13 bits per heavy atom. The first-order chi connectivity index (χ1) is 11.3. The molecule has 4 nitrogen and oxygen atoms in total. The lowest BCUT2D eigenvalue weighted by atomic mass is 9.91. The molecule has 23 heavy (non-hydrogen) atoms. The molecule has 1 aromatic carbocycles. The van der Waals surface area contributed by atoms with Gasteiger partial charge in [0.05, 0.1) is 5.69 Å². The second-order valence-electron chi connectivity index (χ2n) is 6.11. The number of nitrogens with zero attached hydrogens (tertiary/aromatic N) is 3. The Bertz CT molecular complexity index is 794. The first-order valence-corrected chi connectivity index (χ1v) is 7.96. The molecule has 1 aliphatic rings. The third kappa shape index (κ3) is 2.97. The molecule has 4 rings (SSSR count). The maximum absolute atomic E-state index is 13.2. The van der Waals surface area contributed by atoms with Crippen molar-refractivity contribution in [2.24, 2.45) is 0 Å². The van der Waals surface area contributed by atoms with Crippen LogP contribution in [0.15, 0.2) is 47.2 Å². The molecule has 0 spiro atoms. The van der Waals surface area contributed by atoms with Crippen molar-refractivity contribution in [1.82, 2.24) is 15.0 Å². The highest BCUT2D eigenvalue weighted by atomic mass is 19.1. The molecule has 0 aliphatic carbocycles. The van der Waals surface area contributed by atoms with Gasteiger partial charge in [0.15, 0.2) is 5.58 Å². The molecule has 1 saturated heterocycles. The van der Waals surface area contributed by atoms with E-state index in [4.69, 9.17) is 4.52 Å². The zero-order chi connectivity index (χ0) is 15.6. The molecular formula is C18H18FN3O. The fraction of sp³-hybridized carbons (Fsp3) is 0.333. The molecular weight excluding hydrogens is 293 g/mol. The topological polar surface area (TPSA) is 42.2 Å². The lowest BCUT2D eigenvalue weighted by Crippen LogP contribution is -2.32. The van der Waals surface area contributed by atoms with Crippen molar-refractivity contribution in [1.29, 1.82) is 0 Å². The minimum atomic E-state index is -0.285. The normalized spacial score (nSPS) is 16.9. The zero-order valence-corrected chi connectivity index (χ0v) is 12.8. The summed E-state index contributed by atoms with van der Waals surface area (Å²) in [6.07, 6.45) is 5.76. The van der Waals surface area contributed by atoms with Crippen LogP contribution in [0.25, 0.3) is 11.0 Å². The number of pyridine rings is 1. The van der Waals surface area contributed by atoms with Gasteiger partial charge < -0.3 is 4.52 Å². The van der Waals surface area contributed by atoms with Gasteiger partial charge in [-0.2, -0.15) is 0 Å². The summed E-state index contributed by atoms with van der Waals surface area (Å²) in [4.78, 5) is 6.51. The van der Waals surface area contributed by atoms with Crippen LogP contribution in [0.4, 0.5) is 4.39 Å². The third-order valence-corrected chi connectivity index (χ3v) is 4.59. The van der Waals surface area contributed by atoms with Gasteiger partial charge >= 0.3 is 0 Å². The van der Waals surface area contributed by atoms with E-state index in [0.717, 1.165) is 43.6 Å². The van der Waals surface area contributed by atoms with Gasteiger partial charge in [0.1, 0.15) is 5.82 Å². The molecule has 1 fully saturated rings. The third-order valence-electron chi connectivity index (χ3n) is 4.59. The Labute approximate surface area is 133 Å². The van der Waals surface area contributed by atoms with Crippen LogP contribution >= 0.6 is 0 Å². The predicted molar refractivity (Wildman–Crippen MR) is 85.5 cm³/mol. The molecule has 0 bridgehead atoms. The Balaban J connectivity index is 1.44. The summed E-state index contributed by atoms with van der Waals surface area (Å²) in [5.41, 5.74) is 2.81. The van der Waals surface area contributed by atoms with Crippen LogP contribution in [0.2, 0.25) is 0 Å². The Morgan fingerprint density at radius 3 is 2.70 bits per heavy atom. The summed E-state index contributed by atoms with van der Waals surface area (Å²) in [7, 11) is 0. The largest absolute Gasteiger partial charge is 0.356 e. The monoisotopic (exact) mass is 311 g/mol. The van der Waals surface area contributed by atoms with Gasteiger partial charge in [-0.25, -0.2) is 4.39 Å². The van der Waals surface area contributed by atoms with E-state index < -0.39 is 0 Å². The molecule has 2 aromatic heterocycles. The van der Waals surface area contributed by atoms with Crippen LogP contribution in [-0.4, -0.2) is 28.1 Å². The van der Waals surface area contributed by atoms with Gasteiger partial charge in [0.25, 0.3) is 0 Å². The highest BCUT2D eigenvalue weighted by Crippen LogP contribution is 2.33. The predicted octanol–water partition coefficient (Wildman–Crippen LogP) is 3.74. The van der Waals surface area contributed by atoms with Crippen molar-refractivity contribution in [3.63, 3.8) is 0 Å². The first kappa shape index (κ1) is 14.3. The summed E-state index contributed by atoms with van der Waals surface area (Å²) in [6, 6.07) is 8.78. The minimum Gasteiger partial charge on any atom is -0.356 e. The van der Waals surface area contributed by atoms with Gasteiger partial charge in [0, 0.05) is 36.3 Å². The van der Waals surface area contributed by atoms with Crippen molar-refractivity contribution < 1.29 is 8.91 Å². The second-order valence-corrected chi connectivity index (χ2v) is 6.11. The fourth-order valence-corrected chi connectivity index (χ4v) is 3.34. The average Bonchev–Trinajstić information content (AvgIpc) is 2.99. The number of hydrogen-bond donors (Lipinski definition) is 0. The van der Waals surface area contributed by atoms with Crippen LogP contribution in [-0.2, 0) is 6.54 Å². The number of halogens is 1.